The van der Waals surface area contributed by atoms with E-state index in [4.69, 9.17) is 9.47 Å². The molecule has 2 aliphatic heterocycles. The smallest absolute Gasteiger partial charge is 0.270 e. The summed E-state index contributed by atoms with van der Waals surface area (Å²) < 4.78 is 13.6. The number of carbonyl (C=O) groups is 2. The van der Waals surface area contributed by atoms with E-state index in [1.165, 1.54) is 0 Å². The summed E-state index contributed by atoms with van der Waals surface area (Å²) in [4.78, 5) is 28.9. The monoisotopic (exact) mass is 371 g/mol. The highest BCUT2D eigenvalue weighted by Crippen LogP contribution is 2.25. The Morgan fingerprint density at radius 1 is 1.26 bits per heavy atom. The molecular weight excluding hydrogens is 346 g/mol. The third kappa shape index (κ3) is 3.21. The van der Waals surface area contributed by atoms with E-state index in [2.05, 4.69) is 0 Å². The van der Waals surface area contributed by atoms with Gasteiger partial charge < -0.3 is 23.8 Å². The van der Waals surface area contributed by atoms with Crippen molar-refractivity contribution in [2.75, 3.05) is 46.0 Å². The third-order valence-electron chi connectivity index (χ3n) is 5.52. The van der Waals surface area contributed by atoms with Gasteiger partial charge in [0.15, 0.2) is 0 Å². The van der Waals surface area contributed by atoms with Crippen molar-refractivity contribution in [3.05, 3.63) is 36.0 Å². The summed E-state index contributed by atoms with van der Waals surface area (Å²) in [6.07, 6.45) is 0. The molecule has 0 radical (unpaired) electrons. The number of para-hydroxylation sites is 1. The van der Waals surface area contributed by atoms with Crippen molar-refractivity contribution >= 4 is 22.7 Å². The number of nitrogens with zero attached hydrogens (tertiary/aromatic N) is 3. The molecule has 7 heteroatoms. The molecule has 7 nitrogen and oxygen atoms in total. The average molecular weight is 371 g/mol. The molecule has 4 rings (SSSR count). The quantitative estimate of drug-likeness (QED) is 0.798. The Kier molecular flexibility index (Phi) is 4.65. The van der Waals surface area contributed by atoms with E-state index in [0.717, 1.165) is 10.9 Å². The lowest BCUT2D eigenvalue weighted by molar-refractivity contribution is -0.171. The van der Waals surface area contributed by atoms with Gasteiger partial charge >= 0.3 is 0 Å². The number of aromatic nitrogens is 1. The van der Waals surface area contributed by atoms with E-state index in [1.807, 2.05) is 48.9 Å². The number of amides is 2. The summed E-state index contributed by atoms with van der Waals surface area (Å²) in [5.41, 5.74) is 1.01. The van der Waals surface area contributed by atoms with E-state index in [1.54, 1.807) is 9.80 Å². The topological polar surface area (TPSA) is 64.0 Å². The first-order valence-corrected chi connectivity index (χ1v) is 9.36. The Morgan fingerprint density at radius 3 is 2.85 bits per heavy atom. The zero-order chi connectivity index (χ0) is 19.0. The van der Waals surface area contributed by atoms with E-state index in [-0.39, 0.29) is 18.4 Å². The maximum absolute atomic E-state index is 13.3. The second-order valence-electron chi connectivity index (χ2n) is 7.31. The van der Waals surface area contributed by atoms with Gasteiger partial charge in [-0.2, -0.15) is 0 Å². The van der Waals surface area contributed by atoms with Gasteiger partial charge in [-0.15, -0.1) is 0 Å². The molecule has 1 unspecified atom stereocenters. The SMILES string of the molecule is CCN1CC2(COCCN(C(=O)c3cc4ccccc4n3C)C2)OCC1=O. The van der Waals surface area contributed by atoms with Gasteiger partial charge in [0, 0.05) is 31.0 Å². The van der Waals surface area contributed by atoms with Crippen LogP contribution < -0.4 is 0 Å². The van der Waals surface area contributed by atoms with Crippen LogP contribution in [0.2, 0.25) is 0 Å². The van der Waals surface area contributed by atoms with Crippen molar-refractivity contribution in [3.63, 3.8) is 0 Å². The first kappa shape index (κ1) is 18.0. The number of fused-ring (bicyclic) bond motifs is 1. The van der Waals surface area contributed by atoms with E-state index >= 15 is 0 Å². The van der Waals surface area contributed by atoms with Gasteiger partial charge in [-0.1, -0.05) is 18.2 Å². The van der Waals surface area contributed by atoms with Gasteiger partial charge in [0.1, 0.15) is 17.9 Å². The number of hydrogen-bond donors (Lipinski definition) is 0. The number of benzene rings is 1. The standard InChI is InChI=1S/C20H25N3O4/c1-3-22-12-20(27-11-18(22)24)13-23(8-9-26-14-20)19(25)17-10-15-6-4-5-7-16(15)21(17)2/h4-7,10H,3,8-9,11-14H2,1-2H3. The van der Waals surface area contributed by atoms with Crippen molar-refractivity contribution in [3.8, 4) is 0 Å². The minimum absolute atomic E-state index is 0.0149. The summed E-state index contributed by atoms with van der Waals surface area (Å²) in [6.45, 7) is 4.82. The minimum atomic E-state index is -0.666. The van der Waals surface area contributed by atoms with Gasteiger partial charge in [-0.05, 0) is 19.1 Å². The average Bonchev–Trinajstić information content (AvgIpc) is 2.88. The van der Waals surface area contributed by atoms with Crippen LogP contribution in [0.1, 0.15) is 17.4 Å². The molecule has 2 saturated heterocycles. The fraction of sp³-hybridized carbons (Fsp3) is 0.500. The molecule has 1 aromatic carbocycles. The fourth-order valence-corrected chi connectivity index (χ4v) is 3.99. The third-order valence-corrected chi connectivity index (χ3v) is 5.52. The van der Waals surface area contributed by atoms with Crippen molar-refractivity contribution in [1.29, 1.82) is 0 Å². The van der Waals surface area contributed by atoms with Gasteiger partial charge in [0.05, 0.1) is 26.3 Å². The largest absolute Gasteiger partial charge is 0.376 e. The number of ether oxygens (including phenoxy) is 2. The van der Waals surface area contributed by atoms with E-state index < -0.39 is 5.60 Å². The summed E-state index contributed by atoms with van der Waals surface area (Å²) in [7, 11) is 1.91. The second-order valence-corrected chi connectivity index (χ2v) is 7.31. The van der Waals surface area contributed by atoms with E-state index in [0.29, 0.717) is 45.1 Å². The van der Waals surface area contributed by atoms with E-state index in [9.17, 15) is 9.59 Å². The van der Waals surface area contributed by atoms with Crippen molar-refractivity contribution in [2.45, 2.75) is 12.5 Å². The molecule has 0 bridgehead atoms. The van der Waals surface area contributed by atoms with Crippen molar-refractivity contribution < 1.29 is 19.1 Å². The highest BCUT2D eigenvalue weighted by atomic mass is 16.6. The Hall–Kier alpha value is -2.38. The zero-order valence-corrected chi connectivity index (χ0v) is 15.8. The predicted molar refractivity (Wildman–Crippen MR) is 101 cm³/mol. The van der Waals surface area contributed by atoms with Gasteiger partial charge in [0.25, 0.3) is 5.91 Å². The summed E-state index contributed by atoms with van der Waals surface area (Å²) in [5.74, 6) is -0.0546. The lowest BCUT2D eigenvalue weighted by atomic mass is 10.0. The molecule has 0 aliphatic carbocycles. The van der Waals surface area contributed by atoms with Crippen LogP contribution in [-0.4, -0.2) is 77.8 Å². The highest BCUT2D eigenvalue weighted by molar-refractivity contribution is 5.98. The Balaban J connectivity index is 1.61. The molecule has 2 aliphatic rings. The molecule has 1 atom stereocenters. The van der Waals surface area contributed by atoms with Crippen LogP contribution >= 0.6 is 0 Å². The molecule has 3 heterocycles. The van der Waals surface area contributed by atoms with Crippen LogP contribution in [0, 0.1) is 0 Å². The van der Waals surface area contributed by atoms with Crippen LogP contribution in [0.15, 0.2) is 30.3 Å². The van der Waals surface area contributed by atoms with Crippen LogP contribution in [0.4, 0.5) is 0 Å². The Morgan fingerprint density at radius 2 is 2.07 bits per heavy atom. The zero-order valence-electron chi connectivity index (χ0n) is 15.8. The Bertz CT molecular complexity index is 877. The summed E-state index contributed by atoms with van der Waals surface area (Å²) in [6, 6.07) is 9.89. The number of likely N-dealkylation sites (N-methyl/N-ethyl adjacent to an activating group) is 1. The molecule has 27 heavy (non-hydrogen) atoms. The molecule has 1 aromatic heterocycles. The van der Waals surface area contributed by atoms with Crippen LogP contribution in [-0.2, 0) is 21.3 Å². The minimum Gasteiger partial charge on any atom is -0.376 e. The normalized spacial score (nSPS) is 23.9. The van der Waals surface area contributed by atoms with Crippen molar-refractivity contribution in [1.82, 2.24) is 14.4 Å². The molecule has 0 N–H and O–H groups in total. The van der Waals surface area contributed by atoms with Crippen LogP contribution in [0.3, 0.4) is 0 Å². The maximum Gasteiger partial charge on any atom is 0.270 e. The number of aryl methyl sites for hydroxylation is 1. The van der Waals surface area contributed by atoms with Crippen LogP contribution in [0.25, 0.3) is 10.9 Å². The number of carbonyl (C=O) groups excluding carboxylic acids is 2. The van der Waals surface area contributed by atoms with Gasteiger partial charge in [-0.3, -0.25) is 9.59 Å². The maximum atomic E-state index is 13.3. The number of rotatable bonds is 2. The predicted octanol–water partition coefficient (Wildman–Crippen LogP) is 1.27. The fourth-order valence-electron chi connectivity index (χ4n) is 3.99. The lowest BCUT2D eigenvalue weighted by Gasteiger charge is -2.42. The molecule has 0 saturated carbocycles. The summed E-state index contributed by atoms with van der Waals surface area (Å²) in [5, 5.41) is 1.04. The molecule has 1 spiro atoms. The summed E-state index contributed by atoms with van der Waals surface area (Å²) >= 11 is 0. The molecule has 144 valence electrons. The lowest BCUT2D eigenvalue weighted by Crippen LogP contribution is -2.61. The van der Waals surface area contributed by atoms with Crippen molar-refractivity contribution in [2.24, 2.45) is 7.05 Å². The molecule has 2 amide bonds. The Labute approximate surface area is 158 Å². The molecule has 2 aromatic rings. The highest BCUT2D eigenvalue weighted by Gasteiger charge is 2.43. The number of morpholine rings is 1. The first-order chi connectivity index (χ1) is 13.0. The number of hydrogen-bond acceptors (Lipinski definition) is 4. The molecule has 2 fully saturated rings. The van der Waals surface area contributed by atoms with Gasteiger partial charge in [0.2, 0.25) is 5.91 Å². The second kappa shape index (κ2) is 6.98. The molecular formula is C20H25N3O4. The first-order valence-electron chi connectivity index (χ1n) is 9.36. The van der Waals surface area contributed by atoms with Gasteiger partial charge in [-0.25, -0.2) is 0 Å². The van der Waals surface area contributed by atoms with Crippen LogP contribution in [0.5, 0.6) is 0 Å².